The van der Waals surface area contributed by atoms with Gasteiger partial charge >= 0.3 is 0 Å². The Morgan fingerprint density at radius 1 is 1.40 bits per heavy atom. The van der Waals surface area contributed by atoms with Crippen LogP contribution >= 0.6 is 0 Å². The number of hydrogen-bond acceptors (Lipinski definition) is 6. The van der Waals surface area contributed by atoms with Crippen molar-refractivity contribution in [3.05, 3.63) is 28.3 Å². The molecule has 0 aromatic heterocycles. The molecule has 0 bridgehead atoms. The van der Waals surface area contributed by atoms with Crippen molar-refractivity contribution in [3.8, 4) is 0 Å². The van der Waals surface area contributed by atoms with Crippen molar-refractivity contribution in [3.63, 3.8) is 0 Å². The molecule has 20 heavy (non-hydrogen) atoms. The molecule has 2 rings (SSSR count). The standard InChI is InChI=1S/C13H21N5O2/c1-17-5-3-2-4-12(17)9-15-10-6-11(16-14)8-13(7-10)18(19)20/h6-8,12,15-16H,2-5,9,14H2,1H3. The Labute approximate surface area is 118 Å². The number of nitrogen functional groups attached to an aromatic ring is 1. The molecule has 0 spiro atoms. The molecule has 7 nitrogen and oxygen atoms in total. The summed E-state index contributed by atoms with van der Waals surface area (Å²) in [5, 5.41) is 14.2. The molecule has 1 aliphatic rings. The normalized spacial score (nSPS) is 19.6. The van der Waals surface area contributed by atoms with Gasteiger partial charge in [0.1, 0.15) is 0 Å². The van der Waals surface area contributed by atoms with E-state index >= 15 is 0 Å². The van der Waals surface area contributed by atoms with Crippen LogP contribution in [0.1, 0.15) is 19.3 Å². The van der Waals surface area contributed by atoms with Crippen LogP contribution in [-0.2, 0) is 0 Å². The van der Waals surface area contributed by atoms with Gasteiger partial charge in [0.05, 0.1) is 10.6 Å². The van der Waals surface area contributed by atoms with Crippen molar-refractivity contribution < 1.29 is 4.92 Å². The highest BCUT2D eigenvalue weighted by atomic mass is 16.6. The van der Waals surface area contributed by atoms with E-state index in [1.165, 1.54) is 25.0 Å². The quantitative estimate of drug-likeness (QED) is 0.432. The number of nitrogens with two attached hydrogens (primary N) is 1. The number of hydrazine groups is 1. The molecule has 4 N–H and O–H groups in total. The van der Waals surface area contributed by atoms with Gasteiger partial charge in [-0.05, 0) is 32.5 Å². The number of nitro groups is 1. The van der Waals surface area contributed by atoms with E-state index in [0.29, 0.717) is 17.4 Å². The number of nitrogens with one attached hydrogen (secondary N) is 2. The van der Waals surface area contributed by atoms with Gasteiger partial charge in [0.15, 0.2) is 0 Å². The van der Waals surface area contributed by atoms with Crippen molar-refractivity contribution in [2.24, 2.45) is 5.84 Å². The highest BCUT2D eigenvalue weighted by Gasteiger charge is 2.18. The lowest BCUT2D eigenvalue weighted by Crippen LogP contribution is -2.40. The van der Waals surface area contributed by atoms with E-state index in [-0.39, 0.29) is 5.69 Å². The first kappa shape index (κ1) is 14.5. The average Bonchev–Trinajstić information content (AvgIpc) is 2.46. The molecule has 0 aliphatic carbocycles. The summed E-state index contributed by atoms with van der Waals surface area (Å²) in [6.07, 6.45) is 3.63. The maximum absolute atomic E-state index is 10.9. The average molecular weight is 279 g/mol. The lowest BCUT2D eigenvalue weighted by atomic mass is 10.0. The van der Waals surface area contributed by atoms with Crippen LogP contribution in [0.15, 0.2) is 18.2 Å². The molecule has 0 amide bonds. The van der Waals surface area contributed by atoms with Crippen LogP contribution < -0.4 is 16.6 Å². The monoisotopic (exact) mass is 279 g/mol. The number of rotatable bonds is 5. The zero-order valence-electron chi connectivity index (χ0n) is 11.6. The Balaban J connectivity index is 2.04. The second-order valence-electron chi connectivity index (χ2n) is 5.18. The number of piperidine rings is 1. The summed E-state index contributed by atoms with van der Waals surface area (Å²) in [4.78, 5) is 12.8. The molecule has 1 aromatic rings. The minimum Gasteiger partial charge on any atom is -0.383 e. The number of nitrogens with zero attached hydrogens (tertiary/aromatic N) is 2. The molecular formula is C13H21N5O2. The van der Waals surface area contributed by atoms with Crippen LogP contribution in [0.25, 0.3) is 0 Å². The van der Waals surface area contributed by atoms with Gasteiger partial charge in [0, 0.05) is 30.4 Å². The molecule has 110 valence electrons. The highest BCUT2D eigenvalue weighted by molar-refractivity contribution is 5.63. The summed E-state index contributed by atoms with van der Waals surface area (Å²) >= 11 is 0. The van der Waals surface area contributed by atoms with E-state index in [1.807, 2.05) is 0 Å². The van der Waals surface area contributed by atoms with Crippen LogP contribution in [0.5, 0.6) is 0 Å². The molecule has 1 heterocycles. The van der Waals surface area contributed by atoms with Gasteiger partial charge in [0.2, 0.25) is 0 Å². The molecular weight excluding hydrogens is 258 g/mol. The van der Waals surface area contributed by atoms with Gasteiger partial charge in [0.25, 0.3) is 5.69 Å². The van der Waals surface area contributed by atoms with Crippen LogP contribution in [0.2, 0.25) is 0 Å². The Kier molecular flexibility index (Phi) is 4.75. The van der Waals surface area contributed by atoms with Crippen LogP contribution in [0.4, 0.5) is 17.1 Å². The number of nitro benzene ring substituents is 1. The second-order valence-corrected chi connectivity index (χ2v) is 5.18. The van der Waals surface area contributed by atoms with Gasteiger partial charge in [-0.1, -0.05) is 6.42 Å². The summed E-state index contributed by atoms with van der Waals surface area (Å²) in [6.45, 7) is 1.89. The van der Waals surface area contributed by atoms with E-state index in [0.717, 1.165) is 19.5 Å². The van der Waals surface area contributed by atoms with Gasteiger partial charge in [-0.2, -0.15) is 0 Å². The number of likely N-dealkylation sites (tertiary alicyclic amines) is 1. The number of benzene rings is 1. The second kappa shape index (κ2) is 6.53. The minimum absolute atomic E-state index is 0.0277. The summed E-state index contributed by atoms with van der Waals surface area (Å²) in [7, 11) is 2.12. The maximum Gasteiger partial charge on any atom is 0.273 e. The van der Waals surface area contributed by atoms with E-state index < -0.39 is 4.92 Å². The van der Waals surface area contributed by atoms with E-state index in [4.69, 9.17) is 5.84 Å². The lowest BCUT2D eigenvalue weighted by Gasteiger charge is -2.32. The molecule has 7 heteroatoms. The van der Waals surface area contributed by atoms with E-state index in [9.17, 15) is 10.1 Å². The highest BCUT2D eigenvalue weighted by Crippen LogP contribution is 2.24. The number of non-ortho nitro benzene ring substituents is 1. The number of hydrogen-bond donors (Lipinski definition) is 3. The summed E-state index contributed by atoms with van der Waals surface area (Å²) in [5.74, 6) is 5.34. The third-order valence-corrected chi connectivity index (χ3v) is 3.76. The Bertz CT molecular complexity index is 480. The summed E-state index contributed by atoms with van der Waals surface area (Å²) in [5.41, 5.74) is 3.72. The Hall–Kier alpha value is -1.86. The van der Waals surface area contributed by atoms with E-state index in [1.54, 1.807) is 6.07 Å². The van der Waals surface area contributed by atoms with Gasteiger partial charge in [-0.3, -0.25) is 16.0 Å². The Morgan fingerprint density at radius 3 is 2.80 bits per heavy atom. The molecule has 1 saturated heterocycles. The van der Waals surface area contributed by atoms with Gasteiger partial charge < -0.3 is 15.6 Å². The first-order valence-electron chi connectivity index (χ1n) is 6.80. The van der Waals surface area contributed by atoms with Crippen LogP contribution in [0, 0.1) is 10.1 Å². The fourth-order valence-corrected chi connectivity index (χ4v) is 2.54. The van der Waals surface area contributed by atoms with Crippen molar-refractivity contribution in [2.75, 3.05) is 30.9 Å². The first-order chi connectivity index (χ1) is 9.60. The van der Waals surface area contributed by atoms with Crippen LogP contribution in [0.3, 0.4) is 0 Å². The zero-order valence-corrected chi connectivity index (χ0v) is 11.6. The van der Waals surface area contributed by atoms with Crippen molar-refractivity contribution in [1.29, 1.82) is 0 Å². The van der Waals surface area contributed by atoms with Crippen LogP contribution in [-0.4, -0.2) is 36.0 Å². The van der Waals surface area contributed by atoms with Gasteiger partial charge in [-0.25, -0.2) is 0 Å². The molecule has 1 aliphatic heterocycles. The maximum atomic E-state index is 10.9. The molecule has 1 aromatic carbocycles. The third-order valence-electron chi connectivity index (χ3n) is 3.76. The molecule has 0 radical (unpaired) electrons. The molecule has 1 atom stereocenters. The fourth-order valence-electron chi connectivity index (χ4n) is 2.54. The van der Waals surface area contributed by atoms with Crippen molar-refractivity contribution >= 4 is 17.1 Å². The van der Waals surface area contributed by atoms with Crippen molar-refractivity contribution in [1.82, 2.24) is 4.90 Å². The first-order valence-corrected chi connectivity index (χ1v) is 6.80. The number of likely N-dealkylation sites (N-methyl/N-ethyl adjacent to an activating group) is 1. The summed E-state index contributed by atoms with van der Waals surface area (Å²) in [6, 6.07) is 5.19. The molecule has 1 unspecified atom stereocenters. The number of anilines is 2. The summed E-state index contributed by atoms with van der Waals surface area (Å²) < 4.78 is 0. The fraction of sp³-hybridized carbons (Fsp3) is 0.538. The largest absolute Gasteiger partial charge is 0.383 e. The molecule has 0 saturated carbocycles. The van der Waals surface area contributed by atoms with Gasteiger partial charge in [-0.15, -0.1) is 0 Å². The van der Waals surface area contributed by atoms with E-state index in [2.05, 4.69) is 22.7 Å². The minimum atomic E-state index is -0.418. The lowest BCUT2D eigenvalue weighted by molar-refractivity contribution is -0.384. The SMILES string of the molecule is CN1CCCCC1CNc1cc(NN)cc([N+](=O)[O-])c1. The topological polar surface area (TPSA) is 96.5 Å². The predicted octanol–water partition coefficient (Wildman–Crippen LogP) is 1.78. The zero-order chi connectivity index (χ0) is 14.5. The smallest absolute Gasteiger partial charge is 0.273 e. The molecule has 1 fully saturated rings. The third kappa shape index (κ3) is 3.58. The van der Waals surface area contributed by atoms with Crippen molar-refractivity contribution in [2.45, 2.75) is 25.3 Å². The Morgan fingerprint density at radius 2 is 2.15 bits per heavy atom. The predicted molar refractivity (Wildman–Crippen MR) is 79.7 cm³/mol.